The van der Waals surface area contributed by atoms with E-state index in [9.17, 15) is 22.6 Å². The molecule has 1 fully saturated rings. The van der Waals surface area contributed by atoms with Gasteiger partial charge in [0.05, 0.1) is 50.1 Å². The average molecular weight is 419 g/mol. The van der Waals surface area contributed by atoms with Gasteiger partial charge < -0.3 is 4.57 Å². The normalized spacial score (nSPS) is 16.6. The van der Waals surface area contributed by atoms with Crippen molar-refractivity contribution in [2.24, 2.45) is 7.05 Å². The van der Waals surface area contributed by atoms with E-state index < -0.39 is 28.1 Å². The van der Waals surface area contributed by atoms with Crippen LogP contribution in [-0.4, -0.2) is 29.5 Å². The zero-order chi connectivity index (χ0) is 21.0. The summed E-state index contributed by atoms with van der Waals surface area (Å²) in [5.41, 5.74) is -0.294. The van der Waals surface area contributed by atoms with Crippen LogP contribution < -0.4 is 0 Å². The van der Waals surface area contributed by atoms with Gasteiger partial charge in [-0.3, -0.25) is 4.21 Å². The Kier molecular flexibility index (Phi) is 4.46. The van der Waals surface area contributed by atoms with Crippen LogP contribution in [0.25, 0.3) is 22.6 Å². The van der Waals surface area contributed by atoms with Crippen LogP contribution in [-0.2, 0) is 29.4 Å². The number of pyridine rings is 2. The summed E-state index contributed by atoms with van der Waals surface area (Å²) in [6.45, 7) is 1.76. The van der Waals surface area contributed by atoms with Gasteiger partial charge in [0.25, 0.3) is 0 Å². The third-order valence-corrected chi connectivity index (χ3v) is 6.43. The highest BCUT2D eigenvalue weighted by atomic mass is 32.2. The Balaban J connectivity index is 1.94. The van der Waals surface area contributed by atoms with E-state index in [1.165, 1.54) is 0 Å². The number of aryl methyl sites for hydroxylation is 1. The first-order chi connectivity index (χ1) is 13.7. The van der Waals surface area contributed by atoms with E-state index in [0.717, 1.165) is 12.3 Å². The molecule has 3 aromatic heterocycles. The monoisotopic (exact) mass is 419 g/mol. The van der Waals surface area contributed by atoms with E-state index >= 15 is 0 Å². The highest BCUT2D eigenvalue weighted by Crippen LogP contribution is 2.47. The molecule has 0 aromatic carbocycles. The maximum atomic E-state index is 13.0. The Labute approximate surface area is 166 Å². The fourth-order valence-electron chi connectivity index (χ4n) is 3.22. The Hall–Kier alpha value is -2.80. The first kappa shape index (κ1) is 19.5. The highest BCUT2D eigenvalue weighted by Gasteiger charge is 2.46. The Morgan fingerprint density at radius 1 is 1.31 bits per heavy atom. The molecule has 29 heavy (non-hydrogen) atoms. The van der Waals surface area contributed by atoms with Crippen LogP contribution in [0.1, 0.15) is 31.2 Å². The summed E-state index contributed by atoms with van der Waals surface area (Å²) in [4.78, 5) is 12.9. The van der Waals surface area contributed by atoms with Gasteiger partial charge in [0.15, 0.2) is 5.82 Å². The molecule has 4 rings (SSSR count). The topological polar surface area (TPSA) is 84.5 Å². The molecule has 3 aromatic rings. The number of fused-ring (bicyclic) bond motifs is 1. The minimum Gasteiger partial charge on any atom is -0.325 e. The number of nitrogens with zero attached hydrogens (tertiary/aromatic N) is 5. The summed E-state index contributed by atoms with van der Waals surface area (Å²) in [5.74, 6) is 0.634. The second-order valence-corrected chi connectivity index (χ2v) is 8.63. The molecule has 0 amide bonds. The van der Waals surface area contributed by atoms with Crippen LogP contribution in [0.3, 0.4) is 0 Å². The number of hydrogen-bond donors (Lipinski definition) is 0. The summed E-state index contributed by atoms with van der Waals surface area (Å²) in [6.07, 6.45) is -2.09. The van der Waals surface area contributed by atoms with Gasteiger partial charge in [0.2, 0.25) is 0 Å². The average Bonchev–Trinajstić information content (AvgIpc) is 3.44. The van der Waals surface area contributed by atoms with Crippen molar-refractivity contribution in [1.29, 1.82) is 5.26 Å². The summed E-state index contributed by atoms with van der Waals surface area (Å²) in [6, 6.07) is 6.54. The molecule has 150 valence electrons. The van der Waals surface area contributed by atoms with Gasteiger partial charge >= 0.3 is 6.18 Å². The molecule has 0 radical (unpaired) electrons. The zero-order valence-corrected chi connectivity index (χ0v) is 16.4. The summed E-state index contributed by atoms with van der Waals surface area (Å²) < 4.78 is 53.2. The third kappa shape index (κ3) is 3.19. The molecule has 3 heterocycles. The largest absolute Gasteiger partial charge is 0.433 e. The fraction of sp³-hybridized carbons (Fsp3) is 0.368. The molecule has 0 spiro atoms. The molecule has 1 aliphatic carbocycles. The molecule has 0 saturated heterocycles. The van der Waals surface area contributed by atoms with Crippen molar-refractivity contribution in [2.45, 2.75) is 36.3 Å². The van der Waals surface area contributed by atoms with Crippen molar-refractivity contribution in [2.75, 3.05) is 5.75 Å². The van der Waals surface area contributed by atoms with Crippen LogP contribution in [0, 0.1) is 11.3 Å². The SMILES string of the molecule is CCS(=O)c1ccc(C2(C#N)CC2)nc1-c1nc2cc(C(F)(F)F)ncc2n1C. The van der Waals surface area contributed by atoms with Crippen molar-refractivity contribution in [1.82, 2.24) is 19.5 Å². The Morgan fingerprint density at radius 2 is 2.03 bits per heavy atom. The molecule has 1 aliphatic rings. The second-order valence-electron chi connectivity index (χ2n) is 6.92. The van der Waals surface area contributed by atoms with Crippen LogP contribution >= 0.6 is 0 Å². The summed E-state index contributed by atoms with van der Waals surface area (Å²) in [5, 5.41) is 9.49. The Morgan fingerprint density at radius 3 is 2.62 bits per heavy atom. The molecule has 10 heteroatoms. The van der Waals surface area contributed by atoms with Crippen molar-refractivity contribution >= 4 is 21.8 Å². The quantitative estimate of drug-likeness (QED) is 0.643. The van der Waals surface area contributed by atoms with Gasteiger partial charge in [-0.05, 0) is 31.0 Å². The molecule has 1 saturated carbocycles. The number of alkyl halides is 3. The third-order valence-electron chi connectivity index (χ3n) is 5.09. The van der Waals surface area contributed by atoms with Crippen molar-refractivity contribution in [3.63, 3.8) is 0 Å². The van der Waals surface area contributed by atoms with Crippen molar-refractivity contribution < 1.29 is 17.4 Å². The molecule has 1 unspecified atom stereocenters. The minimum absolute atomic E-state index is 0.117. The van der Waals surface area contributed by atoms with Gasteiger partial charge in [-0.1, -0.05) is 6.92 Å². The maximum absolute atomic E-state index is 13.0. The number of halogens is 3. The molecule has 1 atom stereocenters. The molecule has 0 bridgehead atoms. The first-order valence-corrected chi connectivity index (χ1v) is 10.2. The number of nitriles is 1. The van der Waals surface area contributed by atoms with E-state index in [1.807, 2.05) is 0 Å². The number of hydrogen-bond acceptors (Lipinski definition) is 5. The number of aromatic nitrogens is 4. The number of rotatable bonds is 4. The van der Waals surface area contributed by atoms with E-state index in [2.05, 4.69) is 21.0 Å². The van der Waals surface area contributed by atoms with Crippen molar-refractivity contribution in [3.05, 3.63) is 35.8 Å². The standard InChI is InChI=1S/C19H16F3N5OS/c1-3-29(28)13-4-5-14(18(10-23)6-7-18)26-16(13)17-25-11-8-15(19(20,21)22)24-9-12(11)27(17)2/h4-5,8-9H,3,6-7H2,1-2H3. The molecular formula is C19H16F3N5OS. The molecule has 6 nitrogen and oxygen atoms in total. The second kappa shape index (κ2) is 6.62. The first-order valence-electron chi connectivity index (χ1n) is 8.91. The van der Waals surface area contributed by atoms with Gasteiger partial charge in [-0.15, -0.1) is 0 Å². The lowest BCUT2D eigenvalue weighted by molar-refractivity contribution is -0.141. The van der Waals surface area contributed by atoms with Crippen LogP contribution in [0.15, 0.2) is 29.3 Å². The molecular weight excluding hydrogens is 403 g/mol. The van der Waals surface area contributed by atoms with E-state index in [-0.39, 0.29) is 11.3 Å². The lowest BCUT2D eigenvalue weighted by Gasteiger charge is -2.12. The van der Waals surface area contributed by atoms with Crippen LogP contribution in [0.5, 0.6) is 0 Å². The van der Waals surface area contributed by atoms with E-state index in [0.29, 0.717) is 40.4 Å². The molecule has 0 aliphatic heterocycles. The van der Waals surface area contributed by atoms with E-state index in [1.54, 1.807) is 30.7 Å². The van der Waals surface area contributed by atoms with Crippen LogP contribution in [0.2, 0.25) is 0 Å². The Bertz CT molecular complexity index is 1190. The van der Waals surface area contributed by atoms with Gasteiger partial charge in [0, 0.05) is 12.8 Å². The molecule has 0 N–H and O–H groups in total. The fourth-order valence-corrected chi connectivity index (χ4v) is 4.10. The van der Waals surface area contributed by atoms with Crippen LogP contribution in [0.4, 0.5) is 13.2 Å². The summed E-state index contributed by atoms with van der Waals surface area (Å²) >= 11 is 0. The zero-order valence-electron chi connectivity index (χ0n) is 15.6. The smallest absolute Gasteiger partial charge is 0.325 e. The van der Waals surface area contributed by atoms with Gasteiger partial charge in [0.1, 0.15) is 11.4 Å². The lowest BCUT2D eigenvalue weighted by atomic mass is 10.0. The predicted octanol–water partition coefficient (Wildman–Crippen LogP) is 3.73. The maximum Gasteiger partial charge on any atom is 0.433 e. The van der Waals surface area contributed by atoms with Gasteiger partial charge in [-0.2, -0.15) is 18.4 Å². The van der Waals surface area contributed by atoms with Crippen molar-refractivity contribution in [3.8, 4) is 17.6 Å². The summed E-state index contributed by atoms with van der Waals surface area (Å²) in [7, 11) is 0.281. The van der Waals surface area contributed by atoms with Gasteiger partial charge in [-0.25, -0.2) is 15.0 Å². The minimum atomic E-state index is -4.58. The number of imidazole rings is 1. The highest BCUT2D eigenvalue weighted by molar-refractivity contribution is 7.85. The lowest BCUT2D eigenvalue weighted by Crippen LogP contribution is -2.10. The predicted molar refractivity (Wildman–Crippen MR) is 100 cm³/mol. The van der Waals surface area contributed by atoms with E-state index in [4.69, 9.17) is 0 Å².